The lowest BCUT2D eigenvalue weighted by molar-refractivity contribution is 0.0990. The van der Waals surface area contributed by atoms with Gasteiger partial charge in [-0.15, -0.1) is 0 Å². The van der Waals surface area contributed by atoms with Crippen LogP contribution in [0.2, 0.25) is 0 Å². The second kappa shape index (κ2) is 6.75. The van der Waals surface area contributed by atoms with Crippen LogP contribution < -0.4 is 11.1 Å². The van der Waals surface area contributed by atoms with Gasteiger partial charge >= 0.3 is 0 Å². The van der Waals surface area contributed by atoms with Crippen molar-refractivity contribution in [3.8, 4) is 11.1 Å². The summed E-state index contributed by atoms with van der Waals surface area (Å²) in [6.45, 7) is 0. The van der Waals surface area contributed by atoms with E-state index in [0.29, 0.717) is 11.3 Å². The number of nitrogens with two attached hydrogens (primary N) is 1. The van der Waals surface area contributed by atoms with Crippen LogP contribution in [-0.2, 0) is 0 Å². The van der Waals surface area contributed by atoms with Gasteiger partial charge in [0.05, 0.1) is 5.56 Å². The highest BCUT2D eigenvalue weighted by atomic mass is 16.2. The lowest BCUT2D eigenvalue weighted by Crippen LogP contribution is -2.15. The molecule has 0 spiro atoms. The van der Waals surface area contributed by atoms with Crippen molar-refractivity contribution in [2.24, 2.45) is 5.73 Å². The summed E-state index contributed by atoms with van der Waals surface area (Å²) in [5.74, 6) is -0.926. The number of benzene rings is 2. The molecule has 2 amide bonds. The van der Waals surface area contributed by atoms with Crippen molar-refractivity contribution in [1.29, 1.82) is 0 Å². The molecule has 0 aliphatic carbocycles. The minimum Gasteiger partial charge on any atom is -0.364 e. The molecule has 0 unspecified atom stereocenters. The molecule has 3 rings (SSSR count). The Kier molecular flexibility index (Phi) is 4.34. The van der Waals surface area contributed by atoms with E-state index in [1.165, 1.54) is 18.3 Å². The van der Waals surface area contributed by atoms with E-state index >= 15 is 0 Å². The molecule has 0 saturated carbocycles. The van der Waals surface area contributed by atoms with Crippen molar-refractivity contribution in [1.82, 2.24) is 4.98 Å². The van der Waals surface area contributed by atoms with Gasteiger partial charge in [0, 0.05) is 11.9 Å². The average Bonchev–Trinajstić information content (AvgIpc) is 2.63. The molecular formula is C19H15N3O2. The number of amides is 2. The summed E-state index contributed by atoms with van der Waals surface area (Å²) in [7, 11) is 0. The van der Waals surface area contributed by atoms with Crippen molar-refractivity contribution in [2.45, 2.75) is 0 Å². The lowest BCUT2D eigenvalue weighted by atomic mass is 10.1. The molecule has 24 heavy (non-hydrogen) atoms. The number of carbonyl (C=O) groups excluding carboxylic acids is 2. The standard InChI is InChI=1S/C19H15N3O2/c20-18(23)17-11-8-15(12-21-17)19(24)22-16-9-6-14(7-10-16)13-4-2-1-3-5-13/h1-12H,(H2,20,23)(H,22,24). The third kappa shape index (κ3) is 3.47. The highest BCUT2D eigenvalue weighted by Crippen LogP contribution is 2.21. The highest BCUT2D eigenvalue weighted by molar-refractivity contribution is 6.04. The largest absolute Gasteiger partial charge is 0.364 e. The van der Waals surface area contributed by atoms with E-state index in [9.17, 15) is 9.59 Å². The molecule has 118 valence electrons. The van der Waals surface area contributed by atoms with Gasteiger partial charge in [-0.3, -0.25) is 14.6 Å². The van der Waals surface area contributed by atoms with Crippen molar-refractivity contribution < 1.29 is 9.59 Å². The van der Waals surface area contributed by atoms with E-state index in [0.717, 1.165) is 11.1 Å². The Hall–Kier alpha value is -3.47. The molecular weight excluding hydrogens is 302 g/mol. The molecule has 0 aliphatic heterocycles. The SMILES string of the molecule is NC(=O)c1ccc(C(=O)Nc2ccc(-c3ccccc3)cc2)cn1. The topological polar surface area (TPSA) is 85.1 Å². The van der Waals surface area contributed by atoms with Crippen LogP contribution in [0.3, 0.4) is 0 Å². The Bertz CT molecular complexity index is 857. The number of nitrogens with one attached hydrogen (secondary N) is 1. The summed E-state index contributed by atoms with van der Waals surface area (Å²) < 4.78 is 0. The fourth-order valence-corrected chi connectivity index (χ4v) is 2.25. The van der Waals surface area contributed by atoms with Crippen molar-refractivity contribution in [3.05, 3.63) is 84.2 Å². The number of pyridine rings is 1. The normalized spacial score (nSPS) is 10.2. The zero-order chi connectivity index (χ0) is 16.9. The van der Waals surface area contributed by atoms with Crippen LogP contribution in [0.25, 0.3) is 11.1 Å². The van der Waals surface area contributed by atoms with Gasteiger partial charge in [-0.1, -0.05) is 42.5 Å². The summed E-state index contributed by atoms with van der Waals surface area (Å²) in [5, 5.41) is 2.79. The molecule has 0 aliphatic rings. The van der Waals surface area contributed by atoms with E-state index < -0.39 is 5.91 Å². The number of primary amides is 1. The average molecular weight is 317 g/mol. The molecule has 0 saturated heterocycles. The summed E-state index contributed by atoms with van der Waals surface area (Å²) >= 11 is 0. The molecule has 1 heterocycles. The predicted octanol–water partition coefficient (Wildman–Crippen LogP) is 3.10. The second-order valence-electron chi connectivity index (χ2n) is 5.19. The summed E-state index contributed by atoms with van der Waals surface area (Å²) in [4.78, 5) is 27.0. The molecule has 1 aromatic heterocycles. The number of aromatic nitrogens is 1. The molecule has 0 fully saturated rings. The van der Waals surface area contributed by atoms with Gasteiger partial charge in [-0.25, -0.2) is 0 Å². The van der Waals surface area contributed by atoms with E-state index in [2.05, 4.69) is 10.3 Å². The van der Waals surface area contributed by atoms with E-state index in [1.807, 2.05) is 54.6 Å². The molecule has 0 atom stereocenters. The molecule has 0 radical (unpaired) electrons. The zero-order valence-corrected chi connectivity index (χ0v) is 12.8. The first-order valence-corrected chi connectivity index (χ1v) is 7.36. The van der Waals surface area contributed by atoms with Gasteiger partial charge in [0.2, 0.25) is 0 Å². The number of carbonyl (C=O) groups is 2. The molecule has 5 heteroatoms. The van der Waals surface area contributed by atoms with Gasteiger partial charge in [0.1, 0.15) is 5.69 Å². The van der Waals surface area contributed by atoms with Crippen molar-refractivity contribution >= 4 is 17.5 Å². The number of anilines is 1. The van der Waals surface area contributed by atoms with Crippen LogP contribution in [0.5, 0.6) is 0 Å². The van der Waals surface area contributed by atoms with Crippen molar-refractivity contribution in [2.75, 3.05) is 5.32 Å². The fourth-order valence-electron chi connectivity index (χ4n) is 2.25. The molecule has 3 N–H and O–H groups in total. The Labute approximate surface area is 139 Å². The van der Waals surface area contributed by atoms with Gasteiger partial charge in [0.25, 0.3) is 11.8 Å². The van der Waals surface area contributed by atoms with Crippen LogP contribution in [0, 0.1) is 0 Å². The van der Waals surface area contributed by atoms with Gasteiger partial charge < -0.3 is 11.1 Å². The number of rotatable bonds is 4. The first-order valence-electron chi connectivity index (χ1n) is 7.36. The van der Waals surface area contributed by atoms with E-state index in [-0.39, 0.29) is 11.6 Å². The molecule has 2 aromatic carbocycles. The van der Waals surface area contributed by atoms with Crippen LogP contribution in [0.1, 0.15) is 20.8 Å². The Morgan fingerprint density at radius 1 is 0.833 bits per heavy atom. The first-order chi connectivity index (χ1) is 11.6. The van der Waals surface area contributed by atoms with E-state index in [4.69, 9.17) is 5.73 Å². The lowest BCUT2D eigenvalue weighted by Gasteiger charge is -2.07. The number of hydrogen-bond acceptors (Lipinski definition) is 3. The van der Waals surface area contributed by atoms with E-state index in [1.54, 1.807) is 0 Å². The van der Waals surface area contributed by atoms with Crippen LogP contribution in [0.4, 0.5) is 5.69 Å². The fraction of sp³-hybridized carbons (Fsp3) is 0. The summed E-state index contributed by atoms with van der Waals surface area (Å²) in [6.07, 6.45) is 1.33. The second-order valence-corrected chi connectivity index (χ2v) is 5.19. The Morgan fingerprint density at radius 2 is 1.50 bits per heavy atom. The summed E-state index contributed by atoms with van der Waals surface area (Å²) in [6, 6.07) is 20.5. The maximum Gasteiger partial charge on any atom is 0.267 e. The smallest absolute Gasteiger partial charge is 0.267 e. The minimum absolute atomic E-state index is 0.124. The molecule has 0 bridgehead atoms. The highest BCUT2D eigenvalue weighted by Gasteiger charge is 2.08. The van der Waals surface area contributed by atoms with Crippen LogP contribution >= 0.6 is 0 Å². The minimum atomic E-state index is -0.626. The van der Waals surface area contributed by atoms with Gasteiger partial charge in [-0.05, 0) is 35.4 Å². The Morgan fingerprint density at radius 3 is 2.08 bits per heavy atom. The summed E-state index contributed by atoms with van der Waals surface area (Å²) in [5.41, 5.74) is 8.46. The van der Waals surface area contributed by atoms with Gasteiger partial charge in [0.15, 0.2) is 0 Å². The number of hydrogen-bond donors (Lipinski definition) is 2. The van der Waals surface area contributed by atoms with Crippen molar-refractivity contribution in [3.63, 3.8) is 0 Å². The molecule has 5 nitrogen and oxygen atoms in total. The first kappa shape index (κ1) is 15.4. The Balaban J connectivity index is 1.71. The van der Waals surface area contributed by atoms with Crippen LogP contribution in [-0.4, -0.2) is 16.8 Å². The van der Waals surface area contributed by atoms with Gasteiger partial charge in [-0.2, -0.15) is 0 Å². The quantitative estimate of drug-likeness (QED) is 0.775. The third-order valence-electron chi connectivity index (χ3n) is 3.53. The third-order valence-corrected chi connectivity index (χ3v) is 3.53. The maximum absolute atomic E-state index is 12.2. The maximum atomic E-state index is 12.2. The van der Waals surface area contributed by atoms with Crippen LogP contribution in [0.15, 0.2) is 72.9 Å². The number of nitrogens with zero attached hydrogens (tertiary/aromatic N) is 1. The monoisotopic (exact) mass is 317 g/mol. The molecule has 3 aromatic rings. The predicted molar refractivity (Wildman–Crippen MR) is 92.6 cm³/mol. The zero-order valence-electron chi connectivity index (χ0n) is 12.8.